The zero-order valence-electron chi connectivity index (χ0n) is 16.0. The summed E-state index contributed by atoms with van der Waals surface area (Å²) in [6.45, 7) is 4.58. The van der Waals surface area contributed by atoms with Gasteiger partial charge in [-0.25, -0.2) is 4.98 Å². The van der Waals surface area contributed by atoms with Gasteiger partial charge in [0.1, 0.15) is 18.0 Å². The number of ether oxygens (including phenoxy) is 2. The van der Waals surface area contributed by atoms with Crippen molar-refractivity contribution in [2.75, 3.05) is 32.6 Å². The fourth-order valence-electron chi connectivity index (χ4n) is 2.40. The van der Waals surface area contributed by atoms with Crippen LogP contribution in [0.5, 0.6) is 11.5 Å². The number of anilines is 1. The highest BCUT2D eigenvalue weighted by molar-refractivity contribution is 7.13. The van der Waals surface area contributed by atoms with Crippen LogP contribution in [-0.4, -0.2) is 49.0 Å². The zero-order valence-corrected chi connectivity index (χ0v) is 16.8. The topological polar surface area (TPSA) is 80.8 Å². The Morgan fingerprint density at radius 1 is 1.19 bits per heavy atom. The largest absolute Gasteiger partial charge is 0.497 e. The number of thiazole rings is 1. The predicted molar refractivity (Wildman–Crippen MR) is 106 cm³/mol. The van der Waals surface area contributed by atoms with Crippen molar-refractivity contribution in [1.82, 2.24) is 9.88 Å². The van der Waals surface area contributed by atoms with Gasteiger partial charge in [0.05, 0.1) is 14.2 Å². The number of carbonyl (C=O) groups is 2. The average Bonchev–Trinajstić information content (AvgIpc) is 3.16. The first-order valence-electron chi connectivity index (χ1n) is 8.64. The normalized spacial score (nSPS) is 10.6. The van der Waals surface area contributed by atoms with Gasteiger partial charge in [0.15, 0.2) is 5.13 Å². The van der Waals surface area contributed by atoms with Crippen LogP contribution in [0.3, 0.4) is 0 Å². The molecule has 0 saturated heterocycles. The number of nitrogens with zero attached hydrogens (tertiary/aromatic N) is 2. The van der Waals surface area contributed by atoms with Crippen molar-refractivity contribution in [3.05, 3.63) is 35.3 Å². The summed E-state index contributed by atoms with van der Waals surface area (Å²) in [4.78, 5) is 31.0. The standard InChI is InChI=1S/C19H25N3O4S/c1-13(2)5-7-22(12-17(23)21-19-20-6-8-27-19)18(24)14-9-15(25-3)11-16(10-14)26-4/h6,8-11,13H,5,7,12H2,1-4H3,(H,20,21,23). The van der Waals surface area contributed by atoms with Crippen molar-refractivity contribution < 1.29 is 19.1 Å². The summed E-state index contributed by atoms with van der Waals surface area (Å²) in [5.74, 6) is 0.920. The molecule has 1 aromatic carbocycles. The van der Waals surface area contributed by atoms with Gasteiger partial charge in [-0.05, 0) is 24.5 Å². The third kappa shape index (κ3) is 6.25. The van der Waals surface area contributed by atoms with Gasteiger partial charge in [0.25, 0.3) is 5.91 Å². The molecule has 0 fully saturated rings. The molecule has 146 valence electrons. The predicted octanol–water partition coefficient (Wildman–Crippen LogP) is 3.29. The maximum absolute atomic E-state index is 13.1. The van der Waals surface area contributed by atoms with E-state index in [0.29, 0.717) is 34.7 Å². The van der Waals surface area contributed by atoms with Gasteiger partial charge in [-0.3, -0.25) is 9.59 Å². The number of hydrogen-bond acceptors (Lipinski definition) is 6. The number of amides is 2. The van der Waals surface area contributed by atoms with E-state index in [2.05, 4.69) is 24.1 Å². The molecule has 0 spiro atoms. The number of benzene rings is 1. The summed E-state index contributed by atoms with van der Waals surface area (Å²) in [5, 5.41) is 5.01. The molecular weight excluding hydrogens is 366 g/mol. The van der Waals surface area contributed by atoms with Crippen LogP contribution in [-0.2, 0) is 4.79 Å². The highest BCUT2D eigenvalue weighted by Gasteiger charge is 2.21. The summed E-state index contributed by atoms with van der Waals surface area (Å²) in [6.07, 6.45) is 2.40. The lowest BCUT2D eigenvalue weighted by atomic mass is 10.1. The molecule has 8 heteroatoms. The monoisotopic (exact) mass is 391 g/mol. The van der Waals surface area contributed by atoms with Crippen molar-refractivity contribution in [2.24, 2.45) is 5.92 Å². The number of methoxy groups -OCH3 is 2. The molecule has 0 atom stereocenters. The SMILES string of the molecule is COc1cc(OC)cc(C(=O)N(CCC(C)C)CC(=O)Nc2nccs2)c1. The Balaban J connectivity index is 2.18. The van der Waals surface area contributed by atoms with Crippen molar-refractivity contribution in [3.63, 3.8) is 0 Å². The van der Waals surface area contributed by atoms with E-state index in [-0.39, 0.29) is 18.4 Å². The lowest BCUT2D eigenvalue weighted by Gasteiger charge is -2.23. The van der Waals surface area contributed by atoms with Gasteiger partial charge in [-0.1, -0.05) is 13.8 Å². The van der Waals surface area contributed by atoms with Gasteiger partial charge >= 0.3 is 0 Å². The van der Waals surface area contributed by atoms with Crippen molar-refractivity contribution in [2.45, 2.75) is 20.3 Å². The van der Waals surface area contributed by atoms with E-state index < -0.39 is 0 Å². The van der Waals surface area contributed by atoms with Crippen LogP contribution in [0.4, 0.5) is 5.13 Å². The Bertz CT molecular complexity index is 740. The van der Waals surface area contributed by atoms with E-state index in [9.17, 15) is 9.59 Å². The lowest BCUT2D eigenvalue weighted by Crippen LogP contribution is -2.39. The molecule has 1 aromatic heterocycles. The minimum atomic E-state index is -0.281. The van der Waals surface area contributed by atoms with Crippen LogP contribution < -0.4 is 14.8 Å². The zero-order chi connectivity index (χ0) is 19.8. The molecule has 0 saturated carbocycles. The Morgan fingerprint density at radius 3 is 2.37 bits per heavy atom. The Labute approximate surface area is 163 Å². The number of nitrogens with one attached hydrogen (secondary N) is 1. The van der Waals surface area contributed by atoms with E-state index >= 15 is 0 Å². The summed E-state index contributed by atoms with van der Waals surface area (Å²) in [7, 11) is 3.06. The van der Waals surface area contributed by atoms with Crippen LogP contribution >= 0.6 is 11.3 Å². The third-order valence-corrected chi connectivity index (χ3v) is 4.56. The minimum absolute atomic E-state index is 0.0509. The summed E-state index contributed by atoms with van der Waals surface area (Å²) in [5.41, 5.74) is 0.414. The first-order chi connectivity index (χ1) is 12.9. The molecule has 0 aliphatic rings. The molecule has 1 heterocycles. The number of carbonyl (C=O) groups excluding carboxylic acids is 2. The quantitative estimate of drug-likeness (QED) is 0.709. The van der Waals surface area contributed by atoms with Crippen molar-refractivity contribution in [3.8, 4) is 11.5 Å². The summed E-state index contributed by atoms with van der Waals surface area (Å²) >= 11 is 1.33. The van der Waals surface area contributed by atoms with Gasteiger partial charge in [0.2, 0.25) is 5.91 Å². The molecule has 1 N–H and O–H groups in total. The van der Waals surface area contributed by atoms with Gasteiger partial charge in [0, 0.05) is 29.8 Å². The second kappa shape index (κ2) is 9.91. The Kier molecular flexibility index (Phi) is 7.60. The van der Waals surface area contributed by atoms with E-state index in [0.717, 1.165) is 6.42 Å². The Morgan fingerprint density at radius 2 is 1.85 bits per heavy atom. The first-order valence-corrected chi connectivity index (χ1v) is 9.52. The second-order valence-electron chi connectivity index (χ2n) is 6.40. The highest BCUT2D eigenvalue weighted by Crippen LogP contribution is 2.24. The molecule has 27 heavy (non-hydrogen) atoms. The fraction of sp³-hybridized carbons (Fsp3) is 0.421. The van der Waals surface area contributed by atoms with E-state index in [1.165, 1.54) is 30.5 Å². The Hall–Kier alpha value is -2.61. The number of rotatable bonds is 9. The van der Waals surface area contributed by atoms with Crippen molar-refractivity contribution >= 4 is 28.3 Å². The molecule has 0 aliphatic heterocycles. The van der Waals surface area contributed by atoms with Crippen molar-refractivity contribution in [1.29, 1.82) is 0 Å². The van der Waals surface area contributed by atoms with Crippen LogP contribution in [0.1, 0.15) is 30.6 Å². The van der Waals surface area contributed by atoms with Gasteiger partial charge in [-0.15, -0.1) is 11.3 Å². The maximum Gasteiger partial charge on any atom is 0.254 e. The molecular formula is C19H25N3O4S. The summed E-state index contributed by atoms with van der Waals surface area (Å²) < 4.78 is 10.5. The lowest BCUT2D eigenvalue weighted by molar-refractivity contribution is -0.116. The summed E-state index contributed by atoms with van der Waals surface area (Å²) in [6, 6.07) is 4.99. The molecule has 0 bridgehead atoms. The molecule has 0 aliphatic carbocycles. The van der Waals surface area contributed by atoms with Crippen LogP contribution in [0.25, 0.3) is 0 Å². The van der Waals surface area contributed by atoms with Crippen LogP contribution in [0.15, 0.2) is 29.8 Å². The van der Waals surface area contributed by atoms with Crippen LogP contribution in [0.2, 0.25) is 0 Å². The highest BCUT2D eigenvalue weighted by atomic mass is 32.1. The number of aromatic nitrogens is 1. The smallest absolute Gasteiger partial charge is 0.254 e. The molecule has 2 amide bonds. The number of hydrogen-bond donors (Lipinski definition) is 1. The van der Waals surface area contributed by atoms with Gasteiger partial charge in [-0.2, -0.15) is 0 Å². The minimum Gasteiger partial charge on any atom is -0.497 e. The fourth-order valence-corrected chi connectivity index (χ4v) is 2.94. The molecule has 0 unspecified atom stereocenters. The maximum atomic E-state index is 13.1. The molecule has 2 rings (SSSR count). The van der Waals surface area contributed by atoms with E-state index in [1.54, 1.807) is 29.8 Å². The van der Waals surface area contributed by atoms with Crippen LogP contribution in [0, 0.1) is 5.92 Å². The van der Waals surface area contributed by atoms with E-state index in [1.807, 2.05) is 0 Å². The molecule has 0 radical (unpaired) electrons. The second-order valence-corrected chi connectivity index (χ2v) is 7.29. The average molecular weight is 391 g/mol. The van der Waals surface area contributed by atoms with Gasteiger partial charge < -0.3 is 19.7 Å². The molecule has 7 nitrogen and oxygen atoms in total. The molecule has 2 aromatic rings. The third-order valence-electron chi connectivity index (χ3n) is 3.88. The first kappa shape index (κ1) is 20.7. The van der Waals surface area contributed by atoms with E-state index in [4.69, 9.17) is 9.47 Å².